The third-order valence-corrected chi connectivity index (χ3v) is 3.70. The molecule has 0 aliphatic heterocycles. The van der Waals surface area contributed by atoms with Crippen molar-refractivity contribution in [2.75, 3.05) is 6.61 Å². The third kappa shape index (κ3) is 3.94. The summed E-state index contributed by atoms with van der Waals surface area (Å²) < 4.78 is 28.2. The van der Waals surface area contributed by atoms with Crippen molar-refractivity contribution < 1.29 is 17.4 Å². The Balaban J connectivity index is 4.77. The molecule has 94 valence electrons. The monoisotopic (exact) mass is 249 g/mol. The fourth-order valence-corrected chi connectivity index (χ4v) is 1.68. The molecule has 0 saturated heterocycles. The van der Waals surface area contributed by atoms with E-state index in [-0.39, 0.29) is 12.2 Å². The van der Waals surface area contributed by atoms with Crippen LogP contribution in [0.15, 0.2) is 12.2 Å². The summed E-state index contributed by atoms with van der Waals surface area (Å²) in [5.41, 5.74) is 0.249. The van der Waals surface area contributed by atoms with E-state index in [1.54, 1.807) is 6.92 Å². The minimum atomic E-state index is -3.82. The molecule has 0 aliphatic rings. The molecule has 0 saturated carbocycles. The van der Waals surface area contributed by atoms with Crippen LogP contribution in [0.1, 0.15) is 34.1 Å². The molecule has 5 nitrogen and oxygen atoms in total. The predicted octanol–water partition coefficient (Wildman–Crippen LogP) is 1.17. The third-order valence-electron chi connectivity index (χ3n) is 1.87. The summed E-state index contributed by atoms with van der Waals surface area (Å²) in [5.74, 6) is -0.506. The Morgan fingerprint density at radius 2 is 1.94 bits per heavy atom. The van der Waals surface area contributed by atoms with Crippen LogP contribution >= 0.6 is 0 Å². The SMILES string of the molecule is C=C(C)C(=O)NC(C)(C)S(=O)(=O)OCCC. The maximum Gasteiger partial charge on any atom is 0.291 e. The fourth-order valence-electron chi connectivity index (χ4n) is 0.783. The van der Waals surface area contributed by atoms with Crippen molar-refractivity contribution in [1.29, 1.82) is 0 Å². The molecule has 0 unspecified atom stereocenters. The van der Waals surface area contributed by atoms with Crippen molar-refractivity contribution in [2.45, 2.75) is 39.0 Å². The summed E-state index contributed by atoms with van der Waals surface area (Å²) in [5, 5.41) is 2.35. The van der Waals surface area contributed by atoms with Gasteiger partial charge in [-0.25, -0.2) is 0 Å². The molecular weight excluding hydrogens is 230 g/mol. The minimum absolute atomic E-state index is 0.106. The number of hydrogen-bond donors (Lipinski definition) is 1. The van der Waals surface area contributed by atoms with Crippen molar-refractivity contribution in [2.24, 2.45) is 0 Å². The molecule has 0 aliphatic carbocycles. The topological polar surface area (TPSA) is 72.5 Å². The molecule has 1 amide bonds. The van der Waals surface area contributed by atoms with Crippen LogP contribution in [0.3, 0.4) is 0 Å². The van der Waals surface area contributed by atoms with Gasteiger partial charge in [-0.05, 0) is 27.2 Å². The Morgan fingerprint density at radius 3 is 2.31 bits per heavy atom. The van der Waals surface area contributed by atoms with Gasteiger partial charge in [0.15, 0.2) is 4.87 Å². The maximum atomic E-state index is 11.7. The largest absolute Gasteiger partial charge is 0.332 e. The Bertz CT molecular complexity index is 370. The Hall–Kier alpha value is -0.880. The summed E-state index contributed by atoms with van der Waals surface area (Å²) in [7, 11) is -3.82. The van der Waals surface area contributed by atoms with E-state index < -0.39 is 20.9 Å². The van der Waals surface area contributed by atoms with Gasteiger partial charge >= 0.3 is 0 Å². The average Bonchev–Trinajstić information content (AvgIpc) is 2.13. The number of rotatable bonds is 6. The summed E-state index contributed by atoms with van der Waals surface area (Å²) >= 11 is 0. The van der Waals surface area contributed by atoms with E-state index in [0.29, 0.717) is 6.42 Å². The van der Waals surface area contributed by atoms with Crippen molar-refractivity contribution in [3.05, 3.63) is 12.2 Å². The molecule has 0 heterocycles. The second-order valence-corrected chi connectivity index (χ2v) is 6.19. The molecule has 0 spiro atoms. The zero-order valence-electron chi connectivity index (χ0n) is 10.2. The quantitative estimate of drug-likeness (QED) is 0.566. The smallest absolute Gasteiger partial charge is 0.291 e. The van der Waals surface area contributed by atoms with E-state index in [2.05, 4.69) is 11.9 Å². The van der Waals surface area contributed by atoms with Gasteiger partial charge in [0, 0.05) is 5.57 Å². The molecule has 0 radical (unpaired) electrons. The highest BCUT2D eigenvalue weighted by molar-refractivity contribution is 7.88. The van der Waals surface area contributed by atoms with Crippen LogP contribution in [0.5, 0.6) is 0 Å². The highest BCUT2D eigenvalue weighted by atomic mass is 32.2. The first-order valence-corrected chi connectivity index (χ1v) is 6.42. The molecule has 0 atom stereocenters. The van der Waals surface area contributed by atoms with Crippen LogP contribution in [0.2, 0.25) is 0 Å². The first kappa shape index (κ1) is 15.1. The maximum absolute atomic E-state index is 11.7. The highest BCUT2D eigenvalue weighted by Crippen LogP contribution is 2.15. The van der Waals surface area contributed by atoms with Gasteiger partial charge in [0.1, 0.15) is 0 Å². The molecule has 16 heavy (non-hydrogen) atoms. The van der Waals surface area contributed by atoms with Crippen LogP contribution < -0.4 is 5.32 Å². The molecule has 0 aromatic carbocycles. The second-order valence-electron chi connectivity index (χ2n) is 4.02. The first-order chi connectivity index (χ1) is 7.14. The number of carbonyl (C=O) groups is 1. The van der Waals surface area contributed by atoms with Gasteiger partial charge in [-0.3, -0.25) is 8.98 Å². The van der Waals surface area contributed by atoms with E-state index in [9.17, 15) is 13.2 Å². The lowest BCUT2D eigenvalue weighted by molar-refractivity contribution is -0.118. The molecule has 0 bridgehead atoms. The van der Waals surface area contributed by atoms with Gasteiger partial charge in [-0.15, -0.1) is 0 Å². The van der Waals surface area contributed by atoms with Crippen LogP contribution in [0.25, 0.3) is 0 Å². The summed E-state index contributed by atoms with van der Waals surface area (Å²) in [6, 6.07) is 0. The lowest BCUT2D eigenvalue weighted by atomic mass is 10.3. The Morgan fingerprint density at radius 1 is 1.44 bits per heavy atom. The number of nitrogens with one attached hydrogen (secondary N) is 1. The molecule has 1 N–H and O–H groups in total. The normalized spacial score (nSPS) is 12.2. The first-order valence-electron chi connectivity index (χ1n) is 5.01. The summed E-state index contributed by atoms with van der Waals surface area (Å²) in [6.07, 6.45) is 0.587. The number of hydrogen-bond acceptors (Lipinski definition) is 4. The molecule has 0 aromatic rings. The van der Waals surface area contributed by atoms with Crippen molar-refractivity contribution in [3.8, 4) is 0 Å². The van der Waals surface area contributed by atoms with Gasteiger partial charge in [-0.1, -0.05) is 13.5 Å². The van der Waals surface area contributed by atoms with E-state index in [0.717, 1.165) is 0 Å². The van der Waals surface area contributed by atoms with Crippen LogP contribution in [0.4, 0.5) is 0 Å². The molecule has 0 fully saturated rings. The lowest BCUT2D eigenvalue weighted by Gasteiger charge is -2.25. The van der Waals surface area contributed by atoms with Crippen LogP contribution in [0, 0.1) is 0 Å². The van der Waals surface area contributed by atoms with Crippen molar-refractivity contribution >= 4 is 16.0 Å². The highest BCUT2D eigenvalue weighted by Gasteiger charge is 2.36. The zero-order chi connectivity index (χ0) is 13.0. The van der Waals surface area contributed by atoms with Gasteiger partial charge in [0.25, 0.3) is 10.1 Å². The molecular formula is C10H19NO4S. The van der Waals surface area contributed by atoms with Crippen LogP contribution in [-0.4, -0.2) is 25.8 Å². The second kappa shape index (κ2) is 5.45. The van der Waals surface area contributed by atoms with E-state index in [1.165, 1.54) is 20.8 Å². The van der Waals surface area contributed by atoms with Gasteiger partial charge in [-0.2, -0.15) is 8.42 Å². The number of carbonyl (C=O) groups excluding carboxylic acids is 1. The van der Waals surface area contributed by atoms with E-state index in [4.69, 9.17) is 4.18 Å². The average molecular weight is 249 g/mol. The lowest BCUT2D eigenvalue weighted by Crippen LogP contribution is -2.50. The van der Waals surface area contributed by atoms with Gasteiger partial charge < -0.3 is 5.32 Å². The predicted molar refractivity (Wildman–Crippen MR) is 62.2 cm³/mol. The van der Waals surface area contributed by atoms with Crippen molar-refractivity contribution in [1.82, 2.24) is 5.32 Å². The zero-order valence-corrected chi connectivity index (χ0v) is 11.0. The van der Waals surface area contributed by atoms with Crippen LogP contribution in [-0.2, 0) is 19.1 Å². The van der Waals surface area contributed by atoms with E-state index >= 15 is 0 Å². The standard InChI is InChI=1S/C10H19NO4S/c1-6-7-15-16(13,14)10(4,5)11-9(12)8(2)3/h2,6-7H2,1,3-5H3,(H,11,12). The Labute approximate surface area is 97.0 Å². The summed E-state index contributed by atoms with van der Waals surface area (Å²) in [4.78, 5) is 9.89. The molecule has 6 heteroatoms. The fraction of sp³-hybridized carbons (Fsp3) is 0.700. The minimum Gasteiger partial charge on any atom is -0.332 e. The molecule has 0 aromatic heterocycles. The molecule has 0 rings (SSSR count). The van der Waals surface area contributed by atoms with Gasteiger partial charge in [0.05, 0.1) is 6.61 Å². The Kier molecular flexibility index (Phi) is 5.15. The summed E-state index contributed by atoms with van der Waals surface area (Å²) in [6.45, 7) is 9.59. The number of amides is 1. The van der Waals surface area contributed by atoms with Crippen molar-refractivity contribution in [3.63, 3.8) is 0 Å². The van der Waals surface area contributed by atoms with Gasteiger partial charge in [0.2, 0.25) is 5.91 Å². The van der Waals surface area contributed by atoms with E-state index in [1.807, 2.05) is 0 Å².